The zero-order chi connectivity index (χ0) is 17.2. The SMILES string of the molecule is CNCc1ccc(OCC(O)CN2CCCCCCC2)c(OC)c1. The average Bonchev–Trinajstić information content (AvgIpc) is 2.56. The lowest BCUT2D eigenvalue weighted by atomic mass is 10.1. The normalized spacial score (nSPS) is 17.8. The first-order valence-corrected chi connectivity index (χ1v) is 9.07. The van der Waals surface area contributed by atoms with E-state index in [4.69, 9.17) is 9.47 Å². The van der Waals surface area contributed by atoms with Gasteiger partial charge in [0.15, 0.2) is 11.5 Å². The predicted octanol–water partition coefficient (Wildman–Crippen LogP) is 2.42. The number of hydrogen-bond donors (Lipinski definition) is 2. The number of methoxy groups -OCH3 is 1. The molecule has 1 aromatic carbocycles. The summed E-state index contributed by atoms with van der Waals surface area (Å²) in [7, 11) is 3.56. The second-order valence-corrected chi connectivity index (χ2v) is 6.55. The van der Waals surface area contributed by atoms with Crippen molar-refractivity contribution in [2.75, 3.05) is 40.4 Å². The number of hydrogen-bond acceptors (Lipinski definition) is 5. The van der Waals surface area contributed by atoms with Gasteiger partial charge in [0.2, 0.25) is 0 Å². The van der Waals surface area contributed by atoms with Crippen LogP contribution in [0.5, 0.6) is 11.5 Å². The minimum Gasteiger partial charge on any atom is -0.493 e. The van der Waals surface area contributed by atoms with Crippen molar-refractivity contribution in [3.63, 3.8) is 0 Å². The molecule has 1 aliphatic rings. The van der Waals surface area contributed by atoms with Crippen LogP contribution in [0.2, 0.25) is 0 Å². The van der Waals surface area contributed by atoms with Gasteiger partial charge in [-0.05, 0) is 50.7 Å². The molecule has 5 heteroatoms. The van der Waals surface area contributed by atoms with Crippen molar-refractivity contribution in [1.82, 2.24) is 10.2 Å². The molecule has 1 saturated heterocycles. The molecule has 0 aromatic heterocycles. The molecular weight excluding hydrogens is 304 g/mol. The summed E-state index contributed by atoms with van der Waals surface area (Å²) in [5.41, 5.74) is 1.14. The van der Waals surface area contributed by atoms with Gasteiger partial charge in [-0.3, -0.25) is 0 Å². The largest absolute Gasteiger partial charge is 0.493 e. The van der Waals surface area contributed by atoms with Gasteiger partial charge in [0, 0.05) is 13.1 Å². The Kier molecular flexibility index (Phi) is 8.36. The number of benzene rings is 1. The van der Waals surface area contributed by atoms with Gasteiger partial charge >= 0.3 is 0 Å². The summed E-state index contributed by atoms with van der Waals surface area (Å²) in [6, 6.07) is 5.89. The summed E-state index contributed by atoms with van der Waals surface area (Å²) >= 11 is 0. The Morgan fingerprint density at radius 2 is 1.83 bits per heavy atom. The molecule has 0 bridgehead atoms. The summed E-state index contributed by atoms with van der Waals surface area (Å²) < 4.78 is 11.2. The van der Waals surface area contributed by atoms with E-state index in [0.29, 0.717) is 18.0 Å². The zero-order valence-corrected chi connectivity index (χ0v) is 15.1. The number of β-amino-alcohol motifs (C(OH)–C–C–N with tert-alkyl or cyclic N) is 1. The molecule has 24 heavy (non-hydrogen) atoms. The van der Waals surface area contributed by atoms with Gasteiger partial charge in [0.1, 0.15) is 12.7 Å². The van der Waals surface area contributed by atoms with Gasteiger partial charge in [-0.25, -0.2) is 0 Å². The summed E-state index contributed by atoms with van der Waals surface area (Å²) in [6.45, 7) is 3.92. The van der Waals surface area contributed by atoms with Crippen molar-refractivity contribution in [2.45, 2.75) is 44.8 Å². The van der Waals surface area contributed by atoms with Crippen LogP contribution < -0.4 is 14.8 Å². The van der Waals surface area contributed by atoms with Crippen molar-refractivity contribution >= 4 is 0 Å². The average molecular weight is 336 g/mol. The quantitative estimate of drug-likeness (QED) is 0.764. The van der Waals surface area contributed by atoms with Crippen LogP contribution in [0.25, 0.3) is 0 Å². The van der Waals surface area contributed by atoms with Crippen LogP contribution in [0.15, 0.2) is 18.2 Å². The maximum absolute atomic E-state index is 10.3. The predicted molar refractivity (Wildman–Crippen MR) is 96.8 cm³/mol. The highest BCUT2D eigenvalue weighted by Crippen LogP contribution is 2.28. The molecule has 0 amide bonds. The number of aliphatic hydroxyl groups is 1. The molecule has 0 aliphatic carbocycles. The number of nitrogens with one attached hydrogen (secondary N) is 1. The number of ether oxygens (including phenoxy) is 2. The van der Waals surface area contributed by atoms with Crippen LogP contribution in [-0.4, -0.2) is 56.5 Å². The van der Waals surface area contributed by atoms with Crippen molar-refractivity contribution in [2.24, 2.45) is 0 Å². The van der Waals surface area contributed by atoms with Gasteiger partial charge in [-0.1, -0.05) is 25.3 Å². The van der Waals surface area contributed by atoms with Crippen molar-refractivity contribution in [3.8, 4) is 11.5 Å². The Balaban J connectivity index is 1.82. The van der Waals surface area contributed by atoms with Crippen molar-refractivity contribution in [3.05, 3.63) is 23.8 Å². The fourth-order valence-corrected chi connectivity index (χ4v) is 3.18. The second kappa shape index (κ2) is 10.5. The maximum Gasteiger partial charge on any atom is 0.161 e. The van der Waals surface area contributed by atoms with Gasteiger partial charge in [0.25, 0.3) is 0 Å². The molecule has 2 N–H and O–H groups in total. The molecule has 5 nitrogen and oxygen atoms in total. The first kappa shape index (κ1) is 19.0. The Bertz CT molecular complexity index is 474. The van der Waals surface area contributed by atoms with E-state index in [2.05, 4.69) is 10.2 Å². The van der Waals surface area contributed by atoms with Crippen LogP contribution in [0.4, 0.5) is 0 Å². The topological polar surface area (TPSA) is 54.0 Å². The first-order valence-electron chi connectivity index (χ1n) is 9.07. The summed E-state index contributed by atoms with van der Waals surface area (Å²) in [5, 5.41) is 13.4. The Morgan fingerprint density at radius 1 is 1.12 bits per heavy atom. The van der Waals surface area contributed by atoms with Crippen LogP contribution in [-0.2, 0) is 6.54 Å². The Hall–Kier alpha value is -1.30. The van der Waals surface area contributed by atoms with Crippen LogP contribution in [0.3, 0.4) is 0 Å². The molecule has 1 aromatic rings. The maximum atomic E-state index is 10.3. The highest BCUT2D eigenvalue weighted by atomic mass is 16.5. The monoisotopic (exact) mass is 336 g/mol. The molecule has 136 valence electrons. The van der Waals surface area contributed by atoms with Gasteiger partial charge in [0.05, 0.1) is 7.11 Å². The number of aliphatic hydroxyl groups excluding tert-OH is 1. The standard InChI is InChI=1S/C19H32N2O3/c1-20-13-16-8-9-18(19(12-16)23-2)24-15-17(22)14-21-10-6-4-3-5-7-11-21/h8-9,12,17,20,22H,3-7,10-11,13-15H2,1-2H3. The third-order valence-electron chi connectivity index (χ3n) is 4.46. The lowest BCUT2D eigenvalue weighted by Gasteiger charge is -2.26. The Labute approximate surface area is 146 Å². The molecule has 0 radical (unpaired) electrons. The summed E-state index contributed by atoms with van der Waals surface area (Å²) in [5.74, 6) is 1.39. The second-order valence-electron chi connectivity index (χ2n) is 6.55. The number of rotatable bonds is 8. The molecule has 1 aliphatic heterocycles. The van der Waals surface area contributed by atoms with Crippen LogP contribution >= 0.6 is 0 Å². The smallest absolute Gasteiger partial charge is 0.161 e. The van der Waals surface area contributed by atoms with Crippen molar-refractivity contribution < 1.29 is 14.6 Å². The molecule has 2 rings (SSSR count). The van der Waals surface area contributed by atoms with E-state index in [1.54, 1.807) is 7.11 Å². The summed E-state index contributed by atoms with van der Waals surface area (Å²) in [6.07, 6.45) is 5.94. The fourth-order valence-electron chi connectivity index (χ4n) is 3.18. The lowest BCUT2D eigenvalue weighted by Crippen LogP contribution is -2.37. The molecular formula is C19H32N2O3. The molecule has 1 unspecified atom stereocenters. The van der Waals surface area contributed by atoms with Crippen molar-refractivity contribution in [1.29, 1.82) is 0 Å². The molecule has 0 saturated carbocycles. The van der Waals surface area contributed by atoms with Crippen LogP contribution in [0, 0.1) is 0 Å². The van der Waals surface area contributed by atoms with E-state index in [1.165, 1.54) is 32.1 Å². The van der Waals surface area contributed by atoms with E-state index in [0.717, 1.165) is 25.2 Å². The highest BCUT2D eigenvalue weighted by Gasteiger charge is 2.15. The molecule has 1 fully saturated rings. The van der Waals surface area contributed by atoms with Gasteiger partial charge in [-0.15, -0.1) is 0 Å². The zero-order valence-electron chi connectivity index (χ0n) is 15.1. The third-order valence-corrected chi connectivity index (χ3v) is 4.46. The van der Waals surface area contributed by atoms with Gasteiger partial charge < -0.3 is 24.8 Å². The fraction of sp³-hybridized carbons (Fsp3) is 0.684. The van der Waals surface area contributed by atoms with E-state index in [1.807, 2.05) is 25.2 Å². The number of likely N-dealkylation sites (tertiary alicyclic amines) is 1. The Morgan fingerprint density at radius 3 is 2.50 bits per heavy atom. The van der Waals surface area contributed by atoms with E-state index in [9.17, 15) is 5.11 Å². The molecule has 0 spiro atoms. The lowest BCUT2D eigenvalue weighted by molar-refractivity contribution is 0.0645. The minimum absolute atomic E-state index is 0.290. The third kappa shape index (κ3) is 6.30. The van der Waals surface area contributed by atoms with Gasteiger partial charge in [-0.2, -0.15) is 0 Å². The molecule has 1 heterocycles. The summed E-state index contributed by atoms with van der Waals surface area (Å²) in [4.78, 5) is 2.36. The number of nitrogens with zero attached hydrogens (tertiary/aromatic N) is 1. The first-order chi connectivity index (χ1) is 11.7. The van der Waals surface area contributed by atoms with Crippen LogP contribution in [0.1, 0.15) is 37.7 Å². The molecule has 1 atom stereocenters. The highest BCUT2D eigenvalue weighted by molar-refractivity contribution is 5.42. The minimum atomic E-state index is -0.480. The van der Waals surface area contributed by atoms with E-state index in [-0.39, 0.29) is 6.61 Å². The van der Waals surface area contributed by atoms with E-state index >= 15 is 0 Å². The van der Waals surface area contributed by atoms with E-state index < -0.39 is 6.10 Å².